The van der Waals surface area contributed by atoms with Gasteiger partial charge in [-0.2, -0.15) is 0 Å². The Morgan fingerprint density at radius 2 is 2.07 bits per heavy atom. The highest BCUT2D eigenvalue weighted by atomic mass is 16.5. The summed E-state index contributed by atoms with van der Waals surface area (Å²) in [6.07, 6.45) is 4.33. The van der Waals surface area contributed by atoms with Crippen LogP contribution in [0.2, 0.25) is 0 Å². The van der Waals surface area contributed by atoms with Crippen molar-refractivity contribution in [2.24, 2.45) is 0 Å². The molecular weight excluding hydrogens is 366 g/mol. The third kappa shape index (κ3) is 4.78. The van der Waals surface area contributed by atoms with E-state index in [-0.39, 0.29) is 11.8 Å². The lowest BCUT2D eigenvalue weighted by atomic mass is 9.96. The molecule has 7 nitrogen and oxygen atoms in total. The monoisotopic (exact) mass is 397 g/mol. The highest BCUT2D eigenvalue weighted by Crippen LogP contribution is 2.27. The van der Waals surface area contributed by atoms with Gasteiger partial charge in [-0.15, -0.1) is 10.2 Å². The smallest absolute Gasteiger partial charge is 0.222 e. The van der Waals surface area contributed by atoms with Gasteiger partial charge in [-0.25, -0.2) is 0 Å². The number of likely N-dealkylation sites (tertiary alicyclic amines) is 1. The van der Waals surface area contributed by atoms with Crippen LogP contribution in [0, 0.1) is 0 Å². The van der Waals surface area contributed by atoms with Crippen molar-refractivity contribution in [2.45, 2.75) is 51.5 Å². The van der Waals surface area contributed by atoms with Crippen LogP contribution in [0.5, 0.6) is 5.75 Å². The Kier molecular flexibility index (Phi) is 6.44. The molecule has 156 valence electrons. The van der Waals surface area contributed by atoms with Crippen LogP contribution in [-0.4, -0.2) is 58.4 Å². The third-order valence-electron chi connectivity index (χ3n) is 5.89. The molecule has 29 heavy (non-hydrogen) atoms. The van der Waals surface area contributed by atoms with Crippen molar-refractivity contribution in [1.82, 2.24) is 25.0 Å². The van der Waals surface area contributed by atoms with E-state index >= 15 is 0 Å². The second-order valence-electron chi connectivity index (χ2n) is 7.88. The first-order valence-electron chi connectivity index (χ1n) is 10.9. The Morgan fingerprint density at radius 3 is 2.90 bits per heavy atom. The SMILES string of the molecule is CCOc1ccc(CCC(=O)N2CCC[C@H](c3nnc4n3CCNCC4)C2)cc1. The molecule has 1 fully saturated rings. The average Bonchev–Trinajstić information content (AvgIpc) is 3.01. The van der Waals surface area contributed by atoms with E-state index in [1.165, 1.54) is 5.56 Å². The number of benzene rings is 1. The maximum Gasteiger partial charge on any atom is 0.222 e. The number of hydrogen-bond donors (Lipinski definition) is 1. The van der Waals surface area contributed by atoms with E-state index in [9.17, 15) is 4.79 Å². The van der Waals surface area contributed by atoms with Crippen molar-refractivity contribution >= 4 is 5.91 Å². The first kappa shape index (κ1) is 19.9. The van der Waals surface area contributed by atoms with Crippen molar-refractivity contribution < 1.29 is 9.53 Å². The van der Waals surface area contributed by atoms with Crippen LogP contribution in [0.1, 0.15) is 49.3 Å². The standard InChI is InChI=1S/C22H31N5O2/c1-2-29-19-8-5-17(6-9-19)7-10-21(28)26-14-3-4-18(16-26)22-25-24-20-11-12-23-13-15-27(20)22/h5-6,8-9,18,23H,2-4,7,10-16H2,1H3/t18-/m0/s1. The molecule has 1 aromatic heterocycles. The molecule has 0 unspecified atom stereocenters. The van der Waals surface area contributed by atoms with Crippen molar-refractivity contribution in [3.63, 3.8) is 0 Å². The van der Waals surface area contributed by atoms with Gasteiger partial charge in [0, 0.05) is 51.5 Å². The van der Waals surface area contributed by atoms with Gasteiger partial charge in [-0.1, -0.05) is 12.1 Å². The number of aromatic nitrogens is 3. The molecule has 0 saturated carbocycles. The lowest BCUT2D eigenvalue weighted by Gasteiger charge is -2.32. The summed E-state index contributed by atoms with van der Waals surface area (Å²) in [7, 11) is 0. The molecule has 1 amide bonds. The first-order valence-corrected chi connectivity index (χ1v) is 10.9. The molecule has 7 heteroatoms. The summed E-state index contributed by atoms with van der Waals surface area (Å²) in [6, 6.07) is 8.06. The van der Waals surface area contributed by atoms with E-state index in [2.05, 4.69) is 32.2 Å². The Morgan fingerprint density at radius 1 is 1.21 bits per heavy atom. The average molecular weight is 398 g/mol. The van der Waals surface area contributed by atoms with E-state index in [0.717, 1.165) is 75.8 Å². The zero-order valence-electron chi connectivity index (χ0n) is 17.3. The summed E-state index contributed by atoms with van der Waals surface area (Å²) in [4.78, 5) is 14.9. The summed E-state index contributed by atoms with van der Waals surface area (Å²) < 4.78 is 7.76. The number of nitrogens with one attached hydrogen (secondary N) is 1. The van der Waals surface area contributed by atoms with Crippen LogP contribution in [0.4, 0.5) is 0 Å². The molecule has 0 aliphatic carbocycles. The molecule has 4 rings (SSSR count). The van der Waals surface area contributed by atoms with Gasteiger partial charge in [0.2, 0.25) is 5.91 Å². The number of fused-ring (bicyclic) bond motifs is 1. The van der Waals surface area contributed by atoms with Gasteiger partial charge in [0.25, 0.3) is 0 Å². The fraction of sp³-hybridized carbons (Fsp3) is 0.591. The summed E-state index contributed by atoms with van der Waals surface area (Å²) in [5, 5.41) is 12.3. The fourth-order valence-corrected chi connectivity index (χ4v) is 4.34. The molecule has 0 spiro atoms. The molecule has 1 saturated heterocycles. The molecule has 0 radical (unpaired) electrons. The minimum absolute atomic E-state index is 0.237. The van der Waals surface area contributed by atoms with Gasteiger partial charge in [-0.3, -0.25) is 4.79 Å². The predicted octanol–water partition coefficient (Wildman–Crippen LogP) is 2.16. The normalized spacial score (nSPS) is 19.5. The van der Waals surface area contributed by atoms with E-state index in [1.807, 2.05) is 24.0 Å². The van der Waals surface area contributed by atoms with E-state index in [1.54, 1.807) is 0 Å². The number of carbonyl (C=O) groups excluding carboxylic acids is 1. The van der Waals surface area contributed by atoms with Crippen molar-refractivity contribution in [3.8, 4) is 5.75 Å². The lowest BCUT2D eigenvalue weighted by molar-refractivity contribution is -0.132. The maximum atomic E-state index is 12.8. The number of carbonyl (C=O) groups is 1. The van der Waals surface area contributed by atoms with Gasteiger partial charge in [-0.05, 0) is 43.9 Å². The Bertz CT molecular complexity index is 817. The molecular formula is C22H31N5O2. The largest absolute Gasteiger partial charge is 0.494 e. The highest BCUT2D eigenvalue weighted by Gasteiger charge is 2.29. The van der Waals surface area contributed by atoms with Gasteiger partial charge >= 0.3 is 0 Å². The number of ether oxygens (including phenoxy) is 1. The van der Waals surface area contributed by atoms with E-state index in [4.69, 9.17) is 4.74 Å². The van der Waals surface area contributed by atoms with Crippen LogP contribution in [0.25, 0.3) is 0 Å². The number of rotatable bonds is 6. The topological polar surface area (TPSA) is 72.3 Å². The van der Waals surface area contributed by atoms with Crippen LogP contribution in [-0.2, 0) is 24.2 Å². The zero-order chi connectivity index (χ0) is 20.1. The molecule has 1 atom stereocenters. The van der Waals surface area contributed by atoms with Crippen LogP contribution in [0.15, 0.2) is 24.3 Å². The minimum atomic E-state index is 0.237. The molecule has 1 aromatic carbocycles. The van der Waals surface area contributed by atoms with Crippen molar-refractivity contribution in [1.29, 1.82) is 0 Å². The molecule has 1 N–H and O–H groups in total. The molecule has 0 bridgehead atoms. The second kappa shape index (κ2) is 9.39. The summed E-state index contributed by atoms with van der Waals surface area (Å²) in [6.45, 7) is 7.08. The third-order valence-corrected chi connectivity index (χ3v) is 5.89. The van der Waals surface area contributed by atoms with Gasteiger partial charge < -0.3 is 19.5 Å². The quantitative estimate of drug-likeness (QED) is 0.809. The highest BCUT2D eigenvalue weighted by molar-refractivity contribution is 5.76. The predicted molar refractivity (Wildman–Crippen MR) is 111 cm³/mol. The van der Waals surface area contributed by atoms with Gasteiger partial charge in [0.1, 0.15) is 17.4 Å². The Labute approximate surface area is 172 Å². The van der Waals surface area contributed by atoms with Crippen LogP contribution < -0.4 is 10.1 Å². The van der Waals surface area contributed by atoms with Gasteiger partial charge in [0.05, 0.1) is 6.61 Å². The fourth-order valence-electron chi connectivity index (χ4n) is 4.34. The maximum absolute atomic E-state index is 12.8. The number of piperidine rings is 1. The number of hydrogen-bond acceptors (Lipinski definition) is 5. The van der Waals surface area contributed by atoms with Gasteiger partial charge in [0.15, 0.2) is 0 Å². The second-order valence-corrected chi connectivity index (χ2v) is 7.88. The van der Waals surface area contributed by atoms with E-state index < -0.39 is 0 Å². The van der Waals surface area contributed by atoms with E-state index in [0.29, 0.717) is 13.0 Å². The van der Waals surface area contributed by atoms with Crippen LogP contribution in [0.3, 0.4) is 0 Å². The zero-order valence-corrected chi connectivity index (χ0v) is 17.3. The number of amides is 1. The first-order chi connectivity index (χ1) is 14.2. The van der Waals surface area contributed by atoms with Crippen LogP contribution >= 0.6 is 0 Å². The Balaban J connectivity index is 1.34. The summed E-state index contributed by atoms with van der Waals surface area (Å²) in [5.74, 6) is 3.54. The summed E-state index contributed by atoms with van der Waals surface area (Å²) in [5.41, 5.74) is 1.17. The lowest BCUT2D eigenvalue weighted by Crippen LogP contribution is -2.40. The minimum Gasteiger partial charge on any atom is -0.494 e. The van der Waals surface area contributed by atoms with Crippen molar-refractivity contribution in [2.75, 3.05) is 32.8 Å². The van der Waals surface area contributed by atoms with Crippen molar-refractivity contribution in [3.05, 3.63) is 41.5 Å². The summed E-state index contributed by atoms with van der Waals surface area (Å²) >= 11 is 0. The number of nitrogens with zero attached hydrogens (tertiary/aromatic N) is 4. The Hall–Kier alpha value is -2.41. The number of aryl methyl sites for hydroxylation is 1. The molecule has 3 heterocycles. The molecule has 2 aliphatic rings. The molecule has 2 aliphatic heterocycles. The molecule has 2 aromatic rings.